The van der Waals surface area contributed by atoms with E-state index in [1.54, 1.807) is 0 Å². The van der Waals surface area contributed by atoms with Gasteiger partial charge in [0.05, 0.1) is 18.8 Å². The average Bonchev–Trinajstić information content (AvgIpc) is 2.26. The van der Waals surface area contributed by atoms with Crippen LogP contribution < -0.4 is 5.73 Å². The second kappa shape index (κ2) is 6.38. The summed E-state index contributed by atoms with van der Waals surface area (Å²) in [5.41, 5.74) is 5.66. The lowest BCUT2D eigenvalue weighted by Crippen LogP contribution is -2.38. The zero-order valence-corrected chi connectivity index (χ0v) is 9.11. The topological polar surface area (TPSA) is 55.5 Å². The largest absolute Gasteiger partial charge is 0.395 e. The fourth-order valence-electron chi connectivity index (χ4n) is 1.91. The van der Waals surface area contributed by atoms with Gasteiger partial charge in [-0.1, -0.05) is 19.3 Å². The summed E-state index contributed by atoms with van der Waals surface area (Å²) in [5, 5.41) is 8.84. The quantitative estimate of drug-likeness (QED) is 0.704. The van der Waals surface area contributed by atoms with Crippen molar-refractivity contribution >= 4 is 0 Å². The molecule has 2 atom stereocenters. The molecular formula is C11H23NO2. The molecule has 3 heteroatoms. The van der Waals surface area contributed by atoms with Crippen LogP contribution in [0.4, 0.5) is 0 Å². The zero-order valence-electron chi connectivity index (χ0n) is 9.11. The van der Waals surface area contributed by atoms with Crippen LogP contribution in [0.1, 0.15) is 39.0 Å². The SMILES string of the molecule is C[C@@H](OCC1CCCCC1)[C@H](N)CO. The van der Waals surface area contributed by atoms with Gasteiger partial charge in [-0.2, -0.15) is 0 Å². The highest BCUT2D eigenvalue weighted by Crippen LogP contribution is 2.24. The van der Waals surface area contributed by atoms with Crippen molar-refractivity contribution in [2.24, 2.45) is 11.7 Å². The third-order valence-corrected chi connectivity index (χ3v) is 3.13. The van der Waals surface area contributed by atoms with Crippen LogP contribution in [0.3, 0.4) is 0 Å². The number of aliphatic hydroxyl groups is 1. The lowest BCUT2D eigenvalue weighted by molar-refractivity contribution is 0.00667. The van der Waals surface area contributed by atoms with Gasteiger partial charge < -0.3 is 15.6 Å². The average molecular weight is 201 g/mol. The molecule has 1 aliphatic rings. The van der Waals surface area contributed by atoms with Gasteiger partial charge in [0.25, 0.3) is 0 Å². The molecule has 3 nitrogen and oxygen atoms in total. The van der Waals surface area contributed by atoms with Gasteiger partial charge in [0.1, 0.15) is 0 Å². The van der Waals surface area contributed by atoms with E-state index in [4.69, 9.17) is 15.6 Å². The van der Waals surface area contributed by atoms with Crippen molar-refractivity contribution in [3.8, 4) is 0 Å². The number of hydrogen-bond donors (Lipinski definition) is 2. The predicted molar refractivity (Wildman–Crippen MR) is 57.1 cm³/mol. The van der Waals surface area contributed by atoms with Crippen LogP contribution in [0, 0.1) is 5.92 Å². The molecule has 0 bridgehead atoms. The Labute approximate surface area is 86.6 Å². The first kappa shape index (κ1) is 12.0. The highest BCUT2D eigenvalue weighted by atomic mass is 16.5. The summed E-state index contributed by atoms with van der Waals surface area (Å²) in [6.07, 6.45) is 6.62. The van der Waals surface area contributed by atoms with E-state index in [-0.39, 0.29) is 18.8 Å². The van der Waals surface area contributed by atoms with E-state index >= 15 is 0 Å². The first-order valence-corrected chi connectivity index (χ1v) is 5.72. The van der Waals surface area contributed by atoms with Crippen LogP contribution in [0.5, 0.6) is 0 Å². The van der Waals surface area contributed by atoms with Gasteiger partial charge in [0.15, 0.2) is 0 Å². The Kier molecular flexibility index (Phi) is 5.45. The lowest BCUT2D eigenvalue weighted by Gasteiger charge is -2.25. The molecule has 0 radical (unpaired) electrons. The van der Waals surface area contributed by atoms with Crippen molar-refractivity contribution in [2.45, 2.75) is 51.2 Å². The van der Waals surface area contributed by atoms with E-state index in [0.717, 1.165) is 12.5 Å². The Morgan fingerprint density at radius 2 is 2.00 bits per heavy atom. The van der Waals surface area contributed by atoms with Gasteiger partial charge in [-0.15, -0.1) is 0 Å². The normalized spacial score (nSPS) is 23.4. The van der Waals surface area contributed by atoms with Crippen molar-refractivity contribution in [3.63, 3.8) is 0 Å². The molecule has 0 unspecified atom stereocenters. The Morgan fingerprint density at radius 3 is 2.57 bits per heavy atom. The summed E-state index contributed by atoms with van der Waals surface area (Å²) >= 11 is 0. The highest BCUT2D eigenvalue weighted by Gasteiger charge is 2.17. The second-order valence-electron chi connectivity index (χ2n) is 4.39. The van der Waals surface area contributed by atoms with Crippen molar-refractivity contribution < 1.29 is 9.84 Å². The third-order valence-electron chi connectivity index (χ3n) is 3.13. The molecule has 0 spiro atoms. The molecule has 0 amide bonds. The highest BCUT2D eigenvalue weighted by molar-refractivity contribution is 4.70. The number of aliphatic hydroxyl groups excluding tert-OH is 1. The Bertz CT molecular complexity index is 144. The fourth-order valence-corrected chi connectivity index (χ4v) is 1.91. The summed E-state index contributed by atoms with van der Waals surface area (Å²) < 4.78 is 5.65. The summed E-state index contributed by atoms with van der Waals surface area (Å²) in [4.78, 5) is 0. The van der Waals surface area contributed by atoms with Crippen molar-refractivity contribution in [1.82, 2.24) is 0 Å². The molecule has 1 fully saturated rings. The minimum absolute atomic E-state index is 0.00579. The van der Waals surface area contributed by atoms with Gasteiger partial charge in [-0.3, -0.25) is 0 Å². The summed E-state index contributed by atoms with van der Waals surface area (Å²) in [6.45, 7) is 2.75. The Hall–Kier alpha value is -0.120. The van der Waals surface area contributed by atoms with E-state index in [1.165, 1.54) is 32.1 Å². The molecule has 0 aromatic rings. The van der Waals surface area contributed by atoms with Gasteiger partial charge in [-0.05, 0) is 25.7 Å². The molecule has 0 aromatic heterocycles. The maximum Gasteiger partial charge on any atom is 0.0720 e. The predicted octanol–water partition coefficient (Wildman–Crippen LogP) is 1.29. The van der Waals surface area contributed by atoms with Gasteiger partial charge >= 0.3 is 0 Å². The molecule has 84 valence electrons. The second-order valence-corrected chi connectivity index (χ2v) is 4.39. The van der Waals surface area contributed by atoms with Gasteiger partial charge in [0.2, 0.25) is 0 Å². The maximum absolute atomic E-state index is 8.84. The van der Waals surface area contributed by atoms with Gasteiger partial charge in [-0.25, -0.2) is 0 Å². The minimum Gasteiger partial charge on any atom is -0.395 e. The number of ether oxygens (including phenoxy) is 1. The Morgan fingerprint density at radius 1 is 1.36 bits per heavy atom. The third kappa shape index (κ3) is 3.95. The molecule has 0 heterocycles. The standard InChI is InChI=1S/C11H23NO2/c1-9(11(12)7-13)14-8-10-5-3-2-4-6-10/h9-11,13H,2-8,12H2,1H3/t9-,11-/m1/s1. The molecule has 0 saturated heterocycles. The first-order chi connectivity index (χ1) is 6.74. The molecule has 0 aromatic carbocycles. The summed E-state index contributed by atoms with van der Waals surface area (Å²) in [7, 11) is 0. The molecule has 1 saturated carbocycles. The molecule has 14 heavy (non-hydrogen) atoms. The van der Waals surface area contributed by atoms with Gasteiger partial charge in [0, 0.05) is 6.61 Å². The molecular weight excluding hydrogens is 178 g/mol. The van der Waals surface area contributed by atoms with Crippen LogP contribution in [0.2, 0.25) is 0 Å². The van der Waals surface area contributed by atoms with Crippen LogP contribution in [-0.2, 0) is 4.74 Å². The molecule has 1 aliphatic carbocycles. The van der Waals surface area contributed by atoms with Crippen LogP contribution in [-0.4, -0.2) is 30.5 Å². The summed E-state index contributed by atoms with van der Waals surface area (Å²) in [6, 6.07) is -0.237. The van der Waals surface area contributed by atoms with Crippen LogP contribution in [0.25, 0.3) is 0 Å². The van der Waals surface area contributed by atoms with Crippen molar-refractivity contribution in [2.75, 3.05) is 13.2 Å². The van der Waals surface area contributed by atoms with E-state index in [0.29, 0.717) is 0 Å². The minimum atomic E-state index is -0.237. The number of rotatable bonds is 5. The first-order valence-electron chi connectivity index (χ1n) is 5.72. The summed E-state index contributed by atoms with van der Waals surface area (Å²) in [5.74, 6) is 0.720. The fraction of sp³-hybridized carbons (Fsp3) is 1.00. The molecule has 3 N–H and O–H groups in total. The van der Waals surface area contributed by atoms with Crippen LogP contribution in [0.15, 0.2) is 0 Å². The van der Waals surface area contributed by atoms with Crippen molar-refractivity contribution in [3.05, 3.63) is 0 Å². The van der Waals surface area contributed by atoms with E-state index < -0.39 is 0 Å². The maximum atomic E-state index is 8.84. The Balaban J connectivity index is 2.12. The van der Waals surface area contributed by atoms with E-state index in [9.17, 15) is 0 Å². The van der Waals surface area contributed by atoms with Crippen molar-refractivity contribution in [1.29, 1.82) is 0 Å². The molecule has 0 aliphatic heterocycles. The van der Waals surface area contributed by atoms with E-state index in [2.05, 4.69) is 0 Å². The van der Waals surface area contributed by atoms with Crippen LogP contribution >= 0.6 is 0 Å². The lowest BCUT2D eigenvalue weighted by atomic mass is 9.90. The molecule has 1 rings (SSSR count). The zero-order chi connectivity index (χ0) is 10.4. The monoisotopic (exact) mass is 201 g/mol. The smallest absolute Gasteiger partial charge is 0.0720 e. The van der Waals surface area contributed by atoms with E-state index in [1.807, 2.05) is 6.92 Å². The number of hydrogen-bond acceptors (Lipinski definition) is 3. The number of nitrogens with two attached hydrogens (primary N) is 1.